The van der Waals surface area contributed by atoms with E-state index in [2.05, 4.69) is 9.97 Å². The fourth-order valence-corrected chi connectivity index (χ4v) is 2.04. The molecule has 0 aliphatic carbocycles. The van der Waals surface area contributed by atoms with Gasteiger partial charge < -0.3 is 5.73 Å². The summed E-state index contributed by atoms with van der Waals surface area (Å²) in [6, 6.07) is 4.56. The smallest absolute Gasteiger partial charge is 0.292 e. The SMILES string of the molecule is Cc1cnc(Sc2ccc([N+](=O)[O-])c(N)c2)nc1. The first kappa shape index (κ1) is 12.3. The molecule has 0 saturated heterocycles. The molecule has 0 fully saturated rings. The van der Waals surface area contributed by atoms with Crippen molar-refractivity contribution in [3.63, 3.8) is 0 Å². The van der Waals surface area contributed by atoms with E-state index < -0.39 is 4.92 Å². The van der Waals surface area contributed by atoms with E-state index in [1.807, 2.05) is 6.92 Å². The minimum atomic E-state index is -0.508. The van der Waals surface area contributed by atoms with E-state index in [0.29, 0.717) is 5.16 Å². The van der Waals surface area contributed by atoms with Crippen molar-refractivity contribution in [1.29, 1.82) is 0 Å². The van der Waals surface area contributed by atoms with Crippen LogP contribution >= 0.6 is 11.8 Å². The summed E-state index contributed by atoms with van der Waals surface area (Å²) in [7, 11) is 0. The second kappa shape index (κ2) is 5.01. The topological polar surface area (TPSA) is 94.9 Å². The van der Waals surface area contributed by atoms with Crippen LogP contribution in [-0.2, 0) is 0 Å². The van der Waals surface area contributed by atoms with Crippen molar-refractivity contribution in [3.8, 4) is 0 Å². The fourth-order valence-electron chi connectivity index (χ4n) is 1.30. The lowest BCUT2D eigenvalue weighted by molar-refractivity contribution is -0.383. The molecule has 0 aliphatic rings. The Morgan fingerprint density at radius 2 is 2.00 bits per heavy atom. The van der Waals surface area contributed by atoms with Gasteiger partial charge >= 0.3 is 0 Å². The minimum absolute atomic E-state index is 0.0934. The van der Waals surface area contributed by atoms with E-state index in [1.54, 1.807) is 24.5 Å². The van der Waals surface area contributed by atoms with Gasteiger partial charge in [0.1, 0.15) is 5.69 Å². The van der Waals surface area contributed by atoms with Gasteiger partial charge in [0, 0.05) is 23.4 Å². The van der Waals surface area contributed by atoms with Crippen molar-refractivity contribution in [1.82, 2.24) is 9.97 Å². The average Bonchev–Trinajstić information content (AvgIpc) is 2.32. The summed E-state index contributed by atoms with van der Waals surface area (Å²) in [5.41, 5.74) is 6.62. The number of benzene rings is 1. The van der Waals surface area contributed by atoms with E-state index in [1.165, 1.54) is 17.8 Å². The summed E-state index contributed by atoms with van der Waals surface area (Å²) in [6.07, 6.45) is 3.42. The Hall–Kier alpha value is -2.15. The molecule has 0 aliphatic heterocycles. The number of nitrogen functional groups attached to an aromatic ring is 1. The summed E-state index contributed by atoms with van der Waals surface area (Å²) < 4.78 is 0. The van der Waals surface area contributed by atoms with Crippen LogP contribution < -0.4 is 5.73 Å². The summed E-state index contributed by atoms with van der Waals surface area (Å²) >= 11 is 1.31. The second-order valence-corrected chi connectivity index (χ2v) is 4.66. The predicted molar refractivity (Wildman–Crippen MR) is 68.4 cm³/mol. The highest BCUT2D eigenvalue weighted by molar-refractivity contribution is 7.99. The molecule has 18 heavy (non-hydrogen) atoms. The molecular weight excluding hydrogens is 252 g/mol. The number of nitrogens with zero attached hydrogens (tertiary/aromatic N) is 3. The lowest BCUT2D eigenvalue weighted by atomic mass is 10.3. The van der Waals surface area contributed by atoms with E-state index in [0.717, 1.165) is 10.5 Å². The Morgan fingerprint density at radius 1 is 1.33 bits per heavy atom. The van der Waals surface area contributed by atoms with Crippen LogP contribution in [0, 0.1) is 17.0 Å². The summed E-state index contributed by atoms with van der Waals surface area (Å²) in [5.74, 6) is 0. The average molecular weight is 262 g/mol. The summed E-state index contributed by atoms with van der Waals surface area (Å²) in [5, 5.41) is 11.2. The van der Waals surface area contributed by atoms with E-state index >= 15 is 0 Å². The van der Waals surface area contributed by atoms with Gasteiger partial charge in [-0.25, -0.2) is 9.97 Å². The van der Waals surface area contributed by atoms with Crippen molar-refractivity contribution in [2.24, 2.45) is 0 Å². The summed E-state index contributed by atoms with van der Waals surface area (Å²) in [6.45, 7) is 1.90. The van der Waals surface area contributed by atoms with Gasteiger partial charge in [0.15, 0.2) is 5.16 Å². The number of nitro benzene ring substituents is 1. The van der Waals surface area contributed by atoms with Crippen LogP contribution in [0.1, 0.15) is 5.56 Å². The molecule has 2 aromatic rings. The number of hydrogen-bond donors (Lipinski definition) is 1. The van der Waals surface area contributed by atoms with Gasteiger partial charge in [-0.2, -0.15) is 0 Å². The first-order chi connectivity index (χ1) is 8.56. The van der Waals surface area contributed by atoms with Crippen LogP contribution in [0.4, 0.5) is 11.4 Å². The number of aromatic nitrogens is 2. The maximum absolute atomic E-state index is 10.6. The van der Waals surface area contributed by atoms with Gasteiger partial charge in [0.2, 0.25) is 0 Å². The molecule has 92 valence electrons. The molecule has 1 heterocycles. The van der Waals surface area contributed by atoms with E-state index in [9.17, 15) is 10.1 Å². The third-order valence-corrected chi connectivity index (χ3v) is 3.05. The standard InChI is InChI=1S/C11H10N4O2S/c1-7-5-13-11(14-6-7)18-8-2-3-10(15(16)17)9(12)4-8/h2-6H,12H2,1H3. The van der Waals surface area contributed by atoms with Crippen molar-refractivity contribution in [2.75, 3.05) is 5.73 Å². The zero-order valence-electron chi connectivity index (χ0n) is 9.53. The fraction of sp³-hybridized carbons (Fsp3) is 0.0909. The largest absolute Gasteiger partial charge is 0.393 e. The lowest BCUT2D eigenvalue weighted by Crippen LogP contribution is -1.95. The molecule has 0 spiro atoms. The number of rotatable bonds is 3. The van der Waals surface area contributed by atoms with Crippen molar-refractivity contribution >= 4 is 23.1 Å². The third kappa shape index (κ3) is 2.75. The zero-order valence-corrected chi connectivity index (χ0v) is 10.3. The molecule has 0 atom stereocenters. The monoisotopic (exact) mass is 262 g/mol. The number of anilines is 1. The number of nitrogens with two attached hydrogens (primary N) is 1. The van der Waals surface area contributed by atoms with Crippen molar-refractivity contribution in [2.45, 2.75) is 17.0 Å². The molecule has 2 rings (SSSR count). The van der Waals surface area contributed by atoms with Gasteiger partial charge in [-0.05, 0) is 36.4 Å². The highest BCUT2D eigenvalue weighted by atomic mass is 32.2. The first-order valence-corrected chi connectivity index (χ1v) is 5.88. The normalized spacial score (nSPS) is 10.3. The van der Waals surface area contributed by atoms with Crippen LogP contribution in [-0.4, -0.2) is 14.9 Å². The lowest BCUT2D eigenvalue weighted by Gasteiger charge is -2.02. The predicted octanol–water partition coefficient (Wildman–Crippen LogP) is 2.43. The van der Waals surface area contributed by atoms with Gasteiger partial charge in [0.25, 0.3) is 5.69 Å². The molecule has 1 aromatic heterocycles. The summed E-state index contributed by atoms with van der Waals surface area (Å²) in [4.78, 5) is 19.2. The number of hydrogen-bond acceptors (Lipinski definition) is 6. The van der Waals surface area contributed by atoms with E-state index in [-0.39, 0.29) is 11.4 Å². The maximum Gasteiger partial charge on any atom is 0.292 e. The van der Waals surface area contributed by atoms with Crippen LogP contribution in [0.15, 0.2) is 40.6 Å². The molecule has 0 amide bonds. The molecule has 7 heteroatoms. The molecule has 2 N–H and O–H groups in total. The van der Waals surface area contributed by atoms with Crippen molar-refractivity contribution in [3.05, 3.63) is 46.3 Å². The number of nitro groups is 1. The Kier molecular flexibility index (Phi) is 3.42. The molecule has 0 bridgehead atoms. The first-order valence-electron chi connectivity index (χ1n) is 5.06. The van der Waals surface area contributed by atoms with Gasteiger partial charge in [0.05, 0.1) is 4.92 Å². The Labute approximate surface area is 107 Å². The van der Waals surface area contributed by atoms with Crippen molar-refractivity contribution < 1.29 is 4.92 Å². The van der Waals surface area contributed by atoms with Gasteiger partial charge in [-0.1, -0.05) is 0 Å². The highest BCUT2D eigenvalue weighted by Crippen LogP contribution is 2.30. The molecule has 0 unspecified atom stereocenters. The van der Waals surface area contributed by atoms with Crippen LogP contribution in [0.2, 0.25) is 0 Å². The quantitative estimate of drug-likeness (QED) is 0.395. The second-order valence-electron chi connectivity index (χ2n) is 3.62. The van der Waals surface area contributed by atoms with Gasteiger partial charge in [-0.3, -0.25) is 10.1 Å². The molecule has 6 nitrogen and oxygen atoms in total. The Bertz CT molecular complexity index is 586. The third-order valence-electron chi connectivity index (χ3n) is 2.16. The molecule has 1 aromatic carbocycles. The minimum Gasteiger partial charge on any atom is -0.393 e. The van der Waals surface area contributed by atoms with Crippen LogP contribution in [0.3, 0.4) is 0 Å². The highest BCUT2D eigenvalue weighted by Gasteiger charge is 2.12. The Balaban J connectivity index is 2.22. The molecule has 0 radical (unpaired) electrons. The number of aryl methyl sites for hydroxylation is 1. The van der Waals surface area contributed by atoms with E-state index in [4.69, 9.17) is 5.73 Å². The molecule has 0 saturated carbocycles. The Morgan fingerprint density at radius 3 is 2.56 bits per heavy atom. The van der Waals surface area contributed by atoms with Gasteiger partial charge in [-0.15, -0.1) is 0 Å². The van der Waals surface area contributed by atoms with Crippen LogP contribution in [0.25, 0.3) is 0 Å². The molecular formula is C11H10N4O2S. The zero-order chi connectivity index (χ0) is 13.1. The van der Waals surface area contributed by atoms with Crippen LogP contribution in [0.5, 0.6) is 0 Å². The maximum atomic E-state index is 10.6.